The summed E-state index contributed by atoms with van der Waals surface area (Å²) in [5.41, 5.74) is 1.85. The molecule has 0 heterocycles. The number of benzene rings is 2. The van der Waals surface area contributed by atoms with Crippen LogP contribution in [-0.4, -0.2) is 19.2 Å². The van der Waals surface area contributed by atoms with E-state index in [0.717, 1.165) is 6.54 Å². The molecule has 1 atom stereocenters. The van der Waals surface area contributed by atoms with Crippen molar-refractivity contribution < 1.29 is 4.74 Å². The third-order valence-corrected chi connectivity index (χ3v) is 4.16. The number of rotatable bonds is 8. The maximum atomic E-state index is 6.41. The molecule has 2 heteroatoms. The lowest BCUT2D eigenvalue weighted by molar-refractivity contribution is -0.0348. The Bertz CT molecular complexity index is 552. The lowest BCUT2D eigenvalue weighted by Gasteiger charge is -2.40. The van der Waals surface area contributed by atoms with Gasteiger partial charge in [-0.1, -0.05) is 72.8 Å². The van der Waals surface area contributed by atoms with Gasteiger partial charge >= 0.3 is 0 Å². The fraction of sp³-hybridized carbons (Fsp3) is 0.333. The SMILES string of the molecule is CC=CCNC(C)C(OCC)(c1ccccc1)c1ccccc1. The van der Waals surface area contributed by atoms with E-state index < -0.39 is 5.60 Å². The first-order valence-electron chi connectivity index (χ1n) is 8.35. The van der Waals surface area contributed by atoms with Crippen molar-refractivity contribution in [2.24, 2.45) is 0 Å². The zero-order valence-corrected chi connectivity index (χ0v) is 14.3. The predicted molar refractivity (Wildman–Crippen MR) is 97.6 cm³/mol. The highest BCUT2D eigenvalue weighted by molar-refractivity contribution is 5.38. The van der Waals surface area contributed by atoms with Crippen LogP contribution < -0.4 is 5.32 Å². The number of hydrogen-bond donors (Lipinski definition) is 1. The molecule has 2 nitrogen and oxygen atoms in total. The number of nitrogens with one attached hydrogen (secondary N) is 1. The molecule has 0 aliphatic rings. The van der Waals surface area contributed by atoms with Gasteiger partial charge in [0.15, 0.2) is 0 Å². The van der Waals surface area contributed by atoms with E-state index in [1.54, 1.807) is 0 Å². The Kier molecular flexibility index (Phi) is 6.57. The zero-order chi connectivity index (χ0) is 16.5. The minimum Gasteiger partial charge on any atom is -0.364 e. The Morgan fingerprint density at radius 1 is 1.00 bits per heavy atom. The molecule has 122 valence electrons. The van der Waals surface area contributed by atoms with E-state index in [4.69, 9.17) is 4.74 Å². The highest BCUT2D eigenvalue weighted by Crippen LogP contribution is 2.37. The smallest absolute Gasteiger partial charge is 0.133 e. The van der Waals surface area contributed by atoms with Crippen LogP contribution in [0.25, 0.3) is 0 Å². The lowest BCUT2D eigenvalue weighted by atomic mass is 9.80. The first-order valence-corrected chi connectivity index (χ1v) is 8.35. The molecule has 23 heavy (non-hydrogen) atoms. The third kappa shape index (κ3) is 3.90. The molecular formula is C21H27NO. The average molecular weight is 309 g/mol. The zero-order valence-electron chi connectivity index (χ0n) is 14.3. The van der Waals surface area contributed by atoms with E-state index in [0.29, 0.717) is 6.61 Å². The first kappa shape index (κ1) is 17.5. The fourth-order valence-corrected chi connectivity index (χ4v) is 3.06. The van der Waals surface area contributed by atoms with Crippen LogP contribution in [0.4, 0.5) is 0 Å². The van der Waals surface area contributed by atoms with Crippen molar-refractivity contribution in [1.29, 1.82) is 0 Å². The van der Waals surface area contributed by atoms with E-state index in [2.05, 4.69) is 79.8 Å². The molecule has 2 aromatic carbocycles. The summed E-state index contributed by atoms with van der Waals surface area (Å²) in [6, 6.07) is 21.1. The average Bonchev–Trinajstić information content (AvgIpc) is 2.61. The monoisotopic (exact) mass is 309 g/mol. The van der Waals surface area contributed by atoms with Crippen molar-refractivity contribution in [3.05, 3.63) is 83.9 Å². The third-order valence-electron chi connectivity index (χ3n) is 4.16. The largest absolute Gasteiger partial charge is 0.364 e. The second kappa shape index (κ2) is 8.66. The van der Waals surface area contributed by atoms with Crippen LogP contribution in [0.5, 0.6) is 0 Å². The highest BCUT2D eigenvalue weighted by atomic mass is 16.5. The molecule has 0 radical (unpaired) electrons. The van der Waals surface area contributed by atoms with E-state index in [-0.39, 0.29) is 6.04 Å². The second-order valence-electron chi connectivity index (χ2n) is 5.60. The van der Waals surface area contributed by atoms with E-state index in [1.807, 2.05) is 19.1 Å². The van der Waals surface area contributed by atoms with Crippen LogP contribution in [0, 0.1) is 0 Å². The van der Waals surface area contributed by atoms with Gasteiger partial charge in [0.25, 0.3) is 0 Å². The molecular weight excluding hydrogens is 282 g/mol. The van der Waals surface area contributed by atoms with Gasteiger partial charge in [-0.3, -0.25) is 0 Å². The van der Waals surface area contributed by atoms with E-state index in [1.165, 1.54) is 11.1 Å². The van der Waals surface area contributed by atoms with Gasteiger partial charge in [-0.15, -0.1) is 0 Å². The maximum absolute atomic E-state index is 6.41. The normalized spacial score (nSPS) is 13.3. The van der Waals surface area contributed by atoms with Crippen LogP contribution in [0.1, 0.15) is 31.9 Å². The number of hydrogen-bond acceptors (Lipinski definition) is 2. The van der Waals surface area contributed by atoms with Crippen LogP contribution >= 0.6 is 0 Å². The summed E-state index contributed by atoms with van der Waals surface area (Å²) in [6.45, 7) is 7.76. The van der Waals surface area contributed by atoms with E-state index in [9.17, 15) is 0 Å². The molecule has 2 rings (SSSR count). The quantitative estimate of drug-likeness (QED) is 0.724. The Hall–Kier alpha value is -1.90. The Morgan fingerprint density at radius 2 is 1.52 bits per heavy atom. The van der Waals surface area contributed by atoms with Gasteiger partial charge in [-0.2, -0.15) is 0 Å². The minimum absolute atomic E-state index is 0.128. The van der Waals surface area contributed by atoms with Crippen LogP contribution in [-0.2, 0) is 10.3 Å². The van der Waals surface area contributed by atoms with Gasteiger partial charge in [0.2, 0.25) is 0 Å². The molecule has 0 aliphatic heterocycles. The van der Waals surface area contributed by atoms with Crippen LogP contribution in [0.3, 0.4) is 0 Å². The summed E-state index contributed by atoms with van der Waals surface area (Å²) in [7, 11) is 0. The topological polar surface area (TPSA) is 21.3 Å². The molecule has 2 aromatic rings. The van der Waals surface area contributed by atoms with Crippen molar-refractivity contribution in [2.75, 3.05) is 13.2 Å². The van der Waals surface area contributed by atoms with Gasteiger partial charge in [-0.05, 0) is 31.9 Å². The molecule has 0 aromatic heterocycles. The summed E-state index contributed by atoms with van der Waals surface area (Å²) in [4.78, 5) is 0. The number of ether oxygens (including phenoxy) is 1. The molecule has 1 N–H and O–H groups in total. The van der Waals surface area contributed by atoms with Crippen molar-refractivity contribution in [3.63, 3.8) is 0 Å². The van der Waals surface area contributed by atoms with Gasteiger partial charge in [0.1, 0.15) is 5.60 Å². The van der Waals surface area contributed by atoms with Crippen molar-refractivity contribution in [1.82, 2.24) is 5.32 Å². The highest BCUT2D eigenvalue weighted by Gasteiger charge is 2.40. The maximum Gasteiger partial charge on any atom is 0.133 e. The summed E-state index contributed by atoms with van der Waals surface area (Å²) >= 11 is 0. The van der Waals surface area contributed by atoms with Crippen LogP contribution in [0.2, 0.25) is 0 Å². The molecule has 0 spiro atoms. The molecule has 0 fully saturated rings. The molecule has 0 amide bonds. The molecule has 0 bridgehead atoms. The summed E-state index contributed by atoms with van der Waals surface area (Å²) in [5, 5.41) is 3.59. The standard InChI is InChI=1S/C21H27NO/c1-4-6-17-22-18(3)21(23-5-2,19-13-9-7-10-14-19)20-15-11-8-12-16-20/h4,6-16,18,22H,5,17H2,1-3H3. The Balaban J connectivity index is 2.51. The van der Waals surface area contributed by atoms with Crippen LogP contribution in [0.15, 0.2) is 72.8 Å². The summed E-state index contributed by atoms with van der Waals surface area (Å²) < 4.78 is 6.41. The summed E-state index contributed by atoms with van der Waals surface area (Å²) in [6.07, 6.45) is 4.19. The molecule has 1 unspecified atom stereocenters. The first-order chi connectivity index (χ1) is 11.3. The Labute approximate surface area is 140 Å². The fourth-order valence-electron chi connectivity index (χ4n) is 3.06. The predicted octanol–water partition coefficient (Wildman–Crippen LogP) is 4.52. The molecule has 0 aliphatic carbocycles. The van der Waals surface area contributed by atoms with Crippen molar-refractivity contribution in [3.8, 4) is 0 Å². The van der Waals surface area contributed by atoms with Crippen molar-refractivity contribution >= 4 is 0 Å². The van der Waals surface area contributed by atoms with Gasteiger partial charge in [0.05, 0.1) is 0 Å². The van der Waals surface area contributed by atoms with Crippen molar-refractivity contribution in [2.45, 2.75) is 32.4 Å². The minimum atomic E-state index is -0.501. The molecule has 0 saturated carbocycles. The van der Waals surface area contributed by atoms with Gasteiger partial charge in [-0.25, -0.2) is 0 Å². The lowest BCUT2D eigenvalue weighted by Crippen LogP contribution is -2.49. The van der Waals surface area contributed by atoms with Gasteiger partial charge < -0.3 is 10.1 Å². The Morgan fingerprint density at radius 3 is 1.96 bits per heavy atom. The number of allylic oxidation sites excluding steroid dienone is 1. The van der Waals surface area contributed by atoms with E-state index >= 15 is 0 Å². The second-order valence-corrected chi connectivity index (χ2v) is 5.60. The molecule has 0 saturated heterocycles. The summed E-state index contributed by atoms with van der Waals surface area (Å²) in [5.74, 6) is 0. The van der Waals surface area contributed by atoms with Gasteiger partial charge in [0, 0.05) is 19.2 Å².